The molecule has 0 radical (unpaired) electrons. The molecule has 0 spiro atoms. The first-order chi connectivity index (χ1) is 7.97. The van der Waals surface area contributed by atoms with Gasteiger partial charge in [-0.2, -0.15) is 0 Å². The fourth-order valence-corrected chi connectivity index (χ4v) is 3.79. The van der Waals surface area contributed by atoms with Crippen molar-refractivity contribution < 1.29 is 4.79 Å². The van der Waals surface area contributed by atoms with Crippen LogP contribution in [0.4, 0.5) is 0 Å². The molecule has 1 fully saturated rings. The van der Waals surface area contributed by atoms with Crippen molar-refractivity contribution in [2.24, 2.45) is 11.7 Å². The third-order valence-electron chi connectivity index (χ3n) is 3.05. The second kappa shape index (κ2) is 5.08. The average molecular weight is 317 g/mol. The molecule has 0 aliphatic carbocycles. The van der Waals surface area contributed by atoms with Crippen molar-refractivity contribution in [2.45, 2.75) is 26.3 Å². The van der Waals surface area contributed by atoms with E-state index in [0.29, 0.717) is 12.5 Å². The molecule has 94 valence electrons. The molecule has 1 aromatic heterocycles. The number of nitrogens with zero attached hydrogens (tertiary/aromatic N) is 1. The summed E-state index contributed by atoms with van der Waals surface area (Å²) in [6.45, 7) is 5.65. The number of carbonyl (C=O) groups excluding carboxylic acids is 1. The standard InChI is InChI=1S/C12H17BrN2OS/c1-7-3-9(14)6-15(5-7)12(16)10-4-8(2)11(13)17-10/h4,7,9H,3,5-6,14H2,1-2H3. The summed E-state index contributed by atoms with van der Waals surface area (Å²) in [7, 11) is 0. The maximum atomic E-state index is 12.3. The topological polar surface area (TPSA) is 46.3 Å². The van der Waals surface area contributed by atoms with E-state index in [-0.39, 0.29) is 11.9 Å². The van der Waals surface area contributed by atoms with Gasteiger partial charge in [0, 0.05) is 19.1 Å². The lowest BCUT2D eigenvalue weighted by atomic mass is 9.96. The van der Waals surface area contributed by atoms with Crippen LogP contribution in [0.25, 0.3) is 0 Å². The minimum absolute atomic E-state index is 0.116. The molecule has 17 heavy (non-hydrogen) atoms. The van der Waals surface area contributed by atoms with Gasteiger partial charge in [0.05, 0.1) is 8.66 Å². The average Bonchev–Trinajstić information content (AvgIpc) is 2.57. The Morgan fingerprint density at radius 1 is 1.59 bits per heavy atom. The van der Waals surface area contributed by atoms with Crippen LogP contribution in [0.2, 0.25) is 0 Å². The molecule has 1 aliphatic rings. The van der Waals surface area contributed by atoms with Crippen LogP contribution >= 0.6 is 27.3 Å². The van der Waals surface area contributed by atoms with Gasteiger partial charge in [0.25, 0.3) is 5.91 Å². The molecule has 5 heteroatoms. The Morgan fingerprint density at radius 2 is 2.29 bits per heavy atom. The number of piperidine rings is 1. The van der Waals surface area contributed by atoms with Crippen molar-refractivity contribution in [3.05, 3.63) is 20.3 Å². The Labute approximate surface area is 114 Å². The highest BCUT2D eigenvalue weighted by molar-refractivity contribution is 9.11. The molecule has 2 unspecified atom stereocenters. The van der Waals surface area contributed by atoms with E-state index in [0.717, 1.165) is 27.2 Å². The van der Waals surface area contributed by atoms with E-state index < -0.39 is 0 Å². The van der Waals surface area contributed by atoms with Gasteiger partial charge < -0.3 is 10.6 Å². The second-order valence-electron chi connectivity index (χ2n) is 4.88. The Bertz CT molecular complexity index is 403. The molecule has 2 atom stereocenters. The molecule has 1 amide bonds. The zero-order valence-electron chi connectivity index (χ0n) is 10.1. The lowest BCUT2D eigenvalue weighted by molar-refractivity contribution is 0.0666. The fraction of sp³-hybridized carbons (Fsp3) is 0.583. The maximum Gasteiger partial charge on any atom is 0.264 e. The monoisotopic (exact) mass is 316 g/mol. The second-order valence-corrected chi connectivity index (χ2v) is 7.25. The van der Waals surface area contributed by atoms with Crippen LogP contribution in [0.3, 0.4) is 0 Å². The summed E-state index contributed by atoms with van der Waals surface area (Å²) in [4.78, 5) is 15.0. The van der Waals surface area contributed by atoms with E-state index in [1.807, 2.05) is 17.9 Å². The first-order valence-electron chi connectivity index (χ1n) is 5.78. The molecule has 0 bridgehead atoms. The van der Waals surface area contributed by atoms with Crippen molar-refractivity contribution in [1.82, 2.24) is 4.90 Å². The minimum Gasteiger partial charge on any atom is -0.336 e. The highest BCUT2D eigenvalue weighted by atomic mass is 79.9. The van der Waals surface area contributed by atoms with E-state index in [9.17, 15) is 4.79 Å². The van der Waals surface area contributed by atoms with Gasteiger partial charge in [-0.05, 0) is 46.8 Å². The summed E-state index contributed by atoms with van der Waals surface area (Å²) in [6.07, 6.45) is 1.01. The zero-order chi connectivity index (χ0) is 12.6. The third kappa shape index (κ3) is 2.89. The van der Waals surface area contributed by atoms with Crippen LogP contribution in [0.5, 0.6) is 0 Å². The molecule has 1 saturated heterocycles. The predicted octanol–water partition coefficient (Wildman–Crippen LogP) is 2.63. The summed E-state index contributed by atoms with van der Waals surface area (Å²) < 4.78 is 1.04. The number of hydrogen-bond acceptors (Lipinski definition) is 3. The molecule has 3 nitrogen and oxygen atoms in total. The van der Waals surface area contributed by atoms with E-state index in [4.69, 9.17) is 5.73 Å². The van der Waals surface area contributed by atoms with Crippen molar-refractivity contribution >= 4 is 33.2 Å². The molecule has 0 saturated carbocycles. The Balaban J connectivity index is 2.14. The maximum absolute atomic E-state index is 12.3. The highest BCUT2D eigenvalue weighted by Gasteiger charge is 2.27. The van der Waals surface area contributed by atoms with E-state index in [1.165, 1.54) is 11.3 Å². The molecule has 1 aromatic rings. The van der Waals surface area contributed by atoms with E-state index >= 15 is 0 Å². The normalized spacial score (nSPS) is 25.1. The number of aryl methyl sites for hydroxylation is 1. The highest BCUT2D eigenvalue weighted by Crippen LogP contribution is 2.29. The SMILES string of the molecule is Cc1cc(C(=O)N2CC(C)CC(N)C2)sc1Br. The molecular formula is C12H17BrN2OS. The quantitative estimate of drug-likeness (QED) is 0.865. The van der Waals surface area contributed by atoms with Crippen LogP contribution in [-0.4, -0.2) is 29.9 Å². The van der Waals surface area contributed by atoms with Gasteiger partial charge in [-0.3, -0.25) is 4.79 Å². The lowest BCUT2D eigenvalue weighted by Crippen LogP contribution is -2.48. The van der Waals surface area contributed by atoms with Gasteiger partial charge in [0.15, 0.2) is 0 Å². The fourth-order valence-electron chi connectivity index (χ4n) is 2.29. The molecule has 0 aromatic carbocycles. The van der Waals surface area contributed by atoms with Crippen LogP contribution in [0, 0.1) is 12.8 Å². The number of nitrogens with two attached hydrogens (primary N) is 1. The Hall–Kier alpha value is -0.390. The van der Waals surface area contributed by atoms with Crippen LogP contribution in [-0.2, 0) is 0 Å². The van der Waals surface area contributed by atoms with Crippen molar-refractivity contribution in [1.29, 1.82) is 0 Å². The summed E-state index contributed by atoms with van der Waals surface area (Å²) in [6, 6.07) is 2.06. The number of hydrogen-bond donors (Lipinski definition) is 1. The van der Waals surface area contributed by atoms with E-state index in [1.54, 1.807) is 0 Å². The smallest absolute Gasteiger partial charge is 0.264 e. The van der Waals surface area contributed by atoms with Crippen molar-refractivity contribution in [2.75, 3.05) is 13.1 Å². The molecule has 2 N–H and O–H groups in total. The van der Waals surface area contributed by atoms with Gasteiger partial charge >= 0.3 is 0 Å². The van der Waals surface area contributed by atoms with Gasteiger partial charge in [0.2, 0.25) is 0 Å². The molecular weight excluding hydrogens is 300 g/mol. The molecule has 2 rings (SSSR count). The summed E-state index contributed by atoms with van der Waals surface area (Å²) >= 11 is 4.96. The Kier molecular flexibility index (Phi) is 3.90. The summed E-state index contributed by atoms with van der Waals surface area (Å²) in [5, 5.41) is 0. The van der Waals surface area contributed by atoms with Gasteiger partial charge in [0.1, 0.15) is 0 Å². The van der Waals surface area contributed by atoms with Gasteiger partial charge in [-0.15, -0.1) is 11.3 Å². The predicted molar refractivity (Wildman–Crippen MR) is 74.4 cm³/mol. The first-order valence-corrected chi connectivity index (χ1v) is 7.39. The number of rotatable bonds is 1. The van der Waals surface area contributed by atoms with Crippen LogP contribution < -0.4 is 5.73 Å². The largest absolute Gasteiger partial charge is 0.336 e. The minimum atomic E-state index is 0.116. The van der Waals surface area contributed by atoms with Crippen molar-refractivity contribution in [3.8, 4) is 0 Å². The summed E-state index contributed by atoms with van der Waals surface area (Å²) in [5.41, 5.74) is 7.09. The zero-order valence-corrected chi connectivity index (χ0v) is 12.5. The van der Waals surface area contributed by atoms with Crippen molar-refractivity contribution in [3.63, 3.8) is 0 Å². The molecule has 1 aliphatic heterocycles. The number of amides is 1. The van der Waals surface area contributed by atoms with Crippen LogP contribution in [0.1, 0.15) is 28.6 Å². The third-order valence-corrected chi connectivity index (χ3v) is 5.17. The number of thiophene rings is 1. The number of likely N-dealkylation sites (tertiary alicyclic amines) is 1. The number of halogens is 1. The summed E-state index contributed by atoms with van der Waals surface area (Å²) in [5.74, 6) is 0.609. The van der Waals surface area contributed by atoms with Gasteiger partial charge in [-0.25, -0.2) is 0 Å². The van der Waals surface area contributed by atoms with Gasteiger partial charge in [-0.1, -0.05) is 6.92 Å². The lowest BCUT2D eigenvalue weighted by Gasteiger charge is -2.34. The molecule has 2 heterocycles. The van der Waals surface area contributed by atoms with E-state index in [2.05, 4.69) is 22.9 Å². The van der Waals surface area contributed by atoms with Crippen LogP contribution in [0.15, 0.2) is 9.85 Å². The first kappa shape index (κ1) is 13.1. The number of carbonyl (C=O) groups is 1. The Morgan fingerprint density at radius 3 is 2.82 bits per heavy atom.